The normalized spacial score (nSPS) is 20.6. The Kier molecular flexibility index (Phi) is 3.27. The number of aromatic nitrogens is 2. The van der Waals surface area contributed by atoms with Crippen molar-refractivity contribution >= 4 is 16.7 Å². The first-order valence-corrected chi connectivity index (χ1v) is 7.25. The van der Waals surface area contributed by atoms with Gasteiger partial charge in [-0.2, -0.15) is 5.10 Å². The van der Waals surface area contributed by atoms with Crippen molar-refractivity contribution in [2.24, 2.45) is 5.41 Å². The van der Waals surface area contributed by atoms with E-state index in [1.54, 1.807) is 24.3 Å². The second kappa shape index (κ2) is 4.98. The van der Waals surface area contributed by atoms with E-state index in [0.29, 0.717) is 10.8 Å². The van der Waals surface area contributed by atoms with Crippen molar-refractivity contribution in [2.75, 3.05) is 0 Å². The van der Waals surface area contributed by atoms with Gasteiger partial charge in [0.2, 0.25) is 0 Å². The molecule has 3 rings (SSSR count). The summed E-state index contributed by atoms with van der Waals surface area (Å²) in [6, 6.07) is 7.22. The molecule has 1 aromatic carbocycles. The molecule has 1 fully saturated rings. The van der Waals surface area contributed by atoms with Gasteiger partial charge in [0.05, 0.1) is 5.39 Å². The predicted molar refractivity (Wildman–Crippen MR) is 81.2 cm³/mol. The molecule has 1 atom stereocenters. The van der Waals surface area contributed by atoms with Crippen LogP contribution in [0.1, 0.15) is 43.6 Å². The molecule has 1 aliphatic rings. The maximum atomic E-state index is 12.4. The summed E-state index contributed by atoms with van der Waals surface area (Å²) in [5.41, 5.74) is 0.289. The van der Waals surface area contributed by atoms with E-state index in [1.165, 1.54) is 0 Å². The number of hydrogen-bond acceptors (Lipinski definition) is 3. The fourth-order valence-corrected chi connectivity index (χ4v) is 3.10. The molecule has 0 spiro atoms. The number of nitrogens with one attached hydrogen (secondary N) is 2. The molecule has 1 amide bonds. The molecule has 1 saturated carbocycles. The third-order valence-electron chi connectivity index (χ3n) is 4.21. The minimum Gasteiger partial charge on any atom is -0.348 e. The van der Waals surface area contributed by atoms with E-state index >= 15 is 0 Å². The Bertz CT molecular complexity index is 749. The molecule has 0 radical (unpaired) electrons. The second-order valence-electron chi connectivity index (χ2n) is 6.52. The van der Waals surface area contributed by atoms with Crippen LogP contribution in [0.3, 0.4) is 0 Å². The maximum Gasteiger partial charge on any atom is 0.272 e. The summed E-state index contributed by atoms with van der Waals surface area (Å²) in [7, 11) is 0. The number of H-pyrrole nitrogens is 1. The fraction of sp³-hybridized carbons (Fsp3) is 0.438. The van der Waals surface area contributed by atoms with Gasteiger partial charge in [0.15, 0.2) is 5.69 Å². The maximum absolute atomic E-state index is 12.4. The first kappa shape index (κ1) is 13.8. The van der Waals surface area contributed by atoms with Gasteiger partial charge in [-0.15, -0.1) is 0 Å². The topological polar surface area (TPSA) is 74.8 Å². The first-order valence-electron chi connectivity index (χ1n) is 7.25. The first-order chi connectivity index (χ1) is 9.96. The van der Waals surface area contributed by atoms with Crippen LogP contribution in [-0.2, 0) is 0 Å². The monoisotopic (exact) mass is 285 g/mol. The van der Waals surface area contributed by atoms with Crippen molar-refractivity contribution < 1.29 is 4.79 Å². The Balaban J connectivity index is 1.89. The van der Waals surface area contributed by atoms with Gasteiger partial charge in [0.1, 0.15) is 0 Å². The highest BCUT2D eigenvalue weighted by atomic mass is 16.2. The van der Waals surface area contributed by atoms with Crippen molar-refractivity contribution in [3.63, 3.8) is 0 Å². The van der Waals surface area contributed by atoms with Crippen molar-refractivity contribution in [1.29, 1.82) is 0 Å². The molecule has 5 nitrogen and oxygen atoms in total. The van der Waals surface area contributed by atoms with Crippen LogP contribution in [0.25, 0.3) is 10.8 Å². The smallest absolute Gasteiger partial charge is 0.272 e. The van der Waals surface area contributed by atoms with Crippen LogP contribution in [0.2, 0.25) is 0 Å². The number of amides is 1. The van der Waals surface area contributed by atoms with Crippen molar-refractivity contribution in [3.05, 3.63) is 40.3 Å². The van der Waals surface area contributed by atoms with Gasteiger partial charge in [0, 0.05) is 11.4 Å². The number of hydrogen-bond donors (Lipinski definition) is 2. The van der Waals surface area contributed by atoms with Crippen LogP contribution >= 0.6 is 0 Å². The zero-order valence-corrected chi connectivity index (χ0v) is 12.3. The van der Waals surface area contributed by atoms with Gasteiger partial charge in [-0.3, -0.25) is 9.59 Å². The SMILES string of the molecule is CC1(C)CCC(NC(=O)c2n[nH]c(=O)c3ccccc23)C1. The number of carbonyl (C=O) groups is 1. The predicted octanol–water partition coefficient (Wildman–Crippen LogP) is 2.23. The number of benzene rings is 1. The van der Waals surface area contributed by atoms with E-state index in [4.69, 9.17) is 0 Å². The number of aromatic amines is 1. The quantitative estimate of drug-likeness (QED) is 0.888. The molecule has 0 bridgehead atoms. The Morgan fingerprint density at radius 2 is 2.05 bits per heavy atom. The van der Waals surface area contributed by atoms with Gasteiger partial charge in [0.25, 0.3) is 11.5 Å². The lowest BCUT2D eigenvalue weighted by Gasteiger charge is -2.17. The van der Waals surface area contributed by atoms with Crippen molar-refractivity contribution in [2.45, 2.75) is 39.2 Å². The van der Waals surface area contributed by atoms with Gasteiger partial charge in [-0.05, 0) is 30.7 Å². The molecular weight excluding hydrogens is 266 g/mol. The molecule has 21 heavy (non-hydrogen) atoms. The molecule has 2 aromatic rings. The third kappa shape index (κ3) is 2.68. The molecule has 110 valence electrons. The highest BCUT2D eigenvalue weighted by molar-refractivity contribution is 6.04. The minimum atomic E-state index is -0.274. The lowest BCUT2D eigenvalue weighted by atomic mass is 9.92. The van der Waals surface area contributed by atoms with E-state index in [9.17, 15) is 9.59 Å². The summed E-state index contributed by atoms with van der Waals surface area (Å²) in [5.74, 6) is -0.217. The molecular formula is C16H19N3O2. The van der Waals surface area contributed by atoms with Crippen LogP contribution in [-0.4, -0.2) is 22.1 Å². The Labute approximate surface area is 122 Å². The molecule has 1 unspecified atom stereocenters. The number of rotatable bonds is 2. The number of fused-ring (bicyclic) bond motifs is 1. The van der Waals surface area contributed by atoms with Crippen LogP contribution in [0.15, 0.2) is 29.1 Å². The van der Waals surface area contributed by atoms with Gasteiger partial charge >= 0.3 is 0 Å². The molecule has 5 heteroatoms. The summed E-state index contributed by atoms with van der Waals surface area (Å²) in [4.78, 5) is 24.2. The number of carbonyl (C=O) groups excluding carboxylic acids is 1. The molecule has 1 heterocycles. The Hall–Kier alpha value is -2.17. The third-order valence-corrected chi connectivity index (χ3v) is 4.21. The zero-order valence-electron chi connectivity index (χ0n) is 12.3. The average Bonchev–Trinajstić information content (AvgIpc) is 2.78. The van der Waals surface area contributed by atoms with Gasteiger partial charge in [-0.25, -0.2) is 5.10 Å². The van der Waals surface area contributed by atoms with Crippen LogP contribution in [0.5, 0.6) is 0 Å². The van der Waals surface area contributed by atoms with E-state index in [-0.39, 0.29) is 28.6 Å². The standard InChI is InChI=1S/C16H19N3O2/c1-16(2)8-7-10(9-16)17-15(21)13-11-5-3-4-6-12(11)14(20)19-18-13/h3-6,10H,7-9H2,1-2H3,(H,17,21)(H,19,20). The average molecular weight is 285 g/mol. The van der Waals surface area contributed by atoms with E-state index in [0.717, 1.165) is 19.3 Å². The van der Waals surface area contributed by atoms with Crippen molar-refractivity contribution in [3.8, 4) is 0 Å². The largest absolute Gasteiger partial charge is 0.348 e. The van der Waals surface area contributed by atoms with E-state index in [1.807, 2.05) is 0 Å². The van der Waals surface area contributed by atoms with Crippen LogP contribution in [0, 0.1) is 5.41 Å². The lowest BCUT2D eigenvalue weighted by molar-refractivity contribution is 0.0932. The summed E-state index contributed by atoms with van der Waals surface area (Å²) >= 11 is 0. The minimum absolute atomic E-state index is 0.181. The molecule has 1 aliphatic carbocycles. The van der Waals surface area contributed by atoms with Crippen LogP contribution in [0.4, 0.5) is 0 Å². The van der Waals surface area contributed by atoms with E-state index in [2.05, 4.69) is 29.4 Å². The zero-order chi connectivity index (χ0) is 15.0. The van der Waals surface area contributed by atoms with Crippen molar-refractivity contribution in [1.82, 2.24) is 15.5 Å². The summed E-state index contributed by atoms with van der Waals surface area (Å²) < 4.78 is 0. The molecule has 2 N–H and O–H groups in total. The fourth-order valence-electron chi connectivity index (χ4n) is 3.10. The Morgan fingerprint density at radius 3 is 2.71 bits per heavy atom. The number of nitrogens with zero attached hydrogens (tertiary/aromatic N) is 1. The summed E-state index contributed by atoms with van der Waals surface area (Å²) in [6.45, 7) is 4.43. The second-order valence-corrected chi connectivity index (χ2v) is 6.52. The summed E-state index contributed by atoms with van der Waals surface area (Å²) in [6.07, 6.45) is 3.07. The van der Waals surface area contributed by atoms with E-state index < -0.39 is 0 Å². The van der Waals surface area contributed by atoms with Crippen LogP contribution < -0.4 is 10.9 Å². The molecule has 1 aromatic heterocycles. The molecule has 0 aliphatic heterocycles. The van der Waals surface area contributed by atoms with Gasteiger partial charge in [-0.1, -0.05) is 32.0 Å². The highest BCUT2D eigenvalue weighted by Crippen LogP contribution is 2.37. The molecule has 0 saturated heterocycles. The lowest BCUT2D eigenvalue weighted by Crippen LogP contribution is -2.34. The highest BCUT2D eigenvalue weighted by Gasteiger charge is 2.32. The Morgan fingerprint density at radius 1 is 1.33 bits per heavy atom. The van der Waals surface area contributed by atoms with Gasteiger partial charge < -0.3 is 5.32 Å². The summed E-state index contributed by atoms with van der Waals surface area (Å²) in [5, 5.41) is 10.5.